The zero-order chi connectivity index (χ0) is 8.41. The number of hydrogen-bond acceptors (Lipinski definition) is 0. The van der Waals surface area contributed by atoms with Crippen LogP contribution in [0.15, 0.2) is 11.6 Å². The summed E-state index contributed by atoms with van der Waals surface area (Å²) >= 11 is 10.5. The zero-order valence-corrected chi connectivity index (χ0v) is 8.30. The van der Waals surface area contributed by atoms with Gasteiger partial charge in [-0.15, -0.1) is 11.6 Å². The molecular formula is C8H16Cl2. The van der Waals surface area contributed by atoms with Gasteiger partial charge < -0.3 is 0 Å². The van der Waals surface area contributed by atoms with Crippen LogP contribution in [0.5, 0.6) is 0 Å². The molecule has 0 unspecified atom stereocenters. The van der Waals surface area contributed by atoms with Gasteiger partial charge in [-0.05, 0) is 13.3 Å². The van der Waals surface area contributed by atoms with E-state index in [0.29, 0.717) is 5.03 Å². The molecule has 0 saturated heterocycles. The molecule has 0 atom stereocenters. The molecule has 0 aromatic rings. The van der Waals surface area contributed by atoms with Crippen molar-refractivity contribution in [3.05, 3.63) is 11.6 Å². The summed E-state index contributed by atoms with van der Waals surface area (Å²) in [7, 11) is 0. The van der Waals surface area contributed by atoms with Gasteiger partial charge in [0.15, 0.2) is 0 Å². The highest BCUT2D eigenvalue weighted by molar-refractivity contribution is 6.28. The zero-order valence-electron chi connectivity index (χ0n) is 6.79. The average Bonchev–Trinajstić information content (AvgIpc) is 1.82. The fourth-order valence-electron chi connectivity index (χ4n) is 0.344. The van der Waals surface area contributed by atoms with Crippen LogP contribution in [0.3, 0.4) is 0 Å². The van der Waals surface area contributed by atoms with E-state index in [1.165, 1.54) is 19.3 Å². The summed E-state index contributed by atoms with van der Waals surface area (Å²) in [4.78, 5) is 0. The van der Waals surface area contributed by atoms with E-state index in [-0.39, 0.29) is 0 Å². The maximum atomic E-state index is 5.38. The first-order valence-corrected chi connectivity index (χ1v) is 4.43. The Hall–Kier alpha value is 0.320. The molecule has 0 aliphatic carbocycles. The quantitative estimate of drug-likeness (QED) is 0.455. The van der Waals surface area contributed by atoms with Gasteiger partial charge in [0.05, 0.1) is 0 Å². The minimum atomic E-state index is 0.639. The number of alkyl halides is 1. The molecule has 0 aromatic heterocycles. The highest BCUT2D eigenvalue weighted by Crippen LogP contribution is 1.93. The summed E-state index contributed by atoms with van der Waals surface area (Å²) in [6.07, 6.45) is 3.73. The molecule has 0 N–H and O–H groups in total. The predicted molar refractivity (Wildman–Crippen MR) is 50.9 cm³/mol. The summed E-state index contributed by atoms with van der Waals surface area (Å²) in [5, 5.41) is 0.639. The monoisotopic (exact) mass is 182 g/mol. The number of hydrogen-bond donors (Lipinski definition) is 0. The Morgan fingerprint density at radius 1 is 1.40 bits per heavy atom. The lowest BCUT2D eigenvalue weighted by molar-refractivity contribution is 0.776. The number of unbranched alkanes of at least 4 members (excludes halogenated alkanes) is 2. The lowest BCUT2D eigenvalue weighted by atomic mass is 10.3. The van der Waals surface area contributed by atoms with Gasteiger partial charge in [0, 0.05) is 10.9 Å². The summed E-state index contributed by atoms with van der Waals surface area (Å²) < 4.78 is 0. The average molecular weight is 183 g/mol. The van der Waals surface area contributed by atoms with E-state index in [9.17, 15) is 0 Å². The third-order valence-electron chi connectivity index (χ3n) is 0.737. The maximum absolute atomic E-state index is 5.38. The molecule has 0 saturated carbocycles. The lowest BCUT2D eigenvalue weighted by Crippen LogP contribution is -1.70. The van der Waals surface area contributed by atoms with Crippen molar-refractivity contribution in [3.8, 4) is 0 Å². The van der Waals surface area contributed by atoms with Crippen molar-refractivity contribution in [1.29, 1.82) is 0 Å². The Kier molecular flexibility index (Phi) is 15.6. The molecule has 10 heavy (non-hydrogen) atoms. The third kappa shape index (κ3) is 40.4. The van der Waals surface area contributed by atoms with Crippen LogP contribution in [-0.4, -0.2) is 5.88 Å². The van der Waals surface area contributed by atoms with Crippen molar-refractivity contribution in [3.63, 3.8) is 0 Å². The molecule has 0 amide bonds. The Labute approximate surface area is 74.2 Å². The number of allylic oxidation sites excluding steroid dienone is 1. The summed E-state index contributed by atoms with van der Waals surface area (Å²) in [6.45, 7) is 7.23. The standard InChI is InChI=1S/C5H11Cl.C3H5Cl/c1-2-3-4-5-6;1-3(2)4/h2-5H2,1H3;1H2,2H3. The Morgan fingerprint density at radius 2 is 1.80 bits per heavy atom. The van der Waals surface area contributed by atoms with Crippen LogP contribution in [0.1, 0.15) is 33.1 Å². The van der Waals surface area contributed by atoms with Crippen LogP contribution in [0, 0.1) is 0 Å². The van der Waals surface area contributed by atoms with Crippen molar-refractivity contribution in [2.45, 2.75) is 33.1 Å². The third-order valence-corrected chi connectivity index (χ3v) is 1.00. The van der Waals surface area contributed by atoms with Crippen LogP contribution in [0.25, 0.3) is 0 Å². The minimum absolute atomic E-state index is 0.639. The van der Waals surface area contributed by atoms with E-state index < -0.39 is 0 Å². The van der Waals surface area contributed by atoms with Crippen molar-refractivity contribution in [1.82, 2.24) is 0 Å². The van der Waals surface area contributed by atoms with Crippen LogP contribution >= 0.6 is 23.2 Å². The van der Waals surface area contributed by atoms with E-state index in [1.807, 2.05) is 0 Å². The molecular weight excluding hydrogens is 167 g/mol. The van der Waals surface area contributed by atoms with Gasteiger partial charge in [-0.25, -0.2) is 0 Å². The Bertz CT molecular complexity index is 61.7. The van der Waals surface area contributed by atoms with Crippen LogP contribution < -0.4 is 0 Å². The van der Waals surface area contributed by atoms with Gasteiger partial charge in [0.1, 0.15) is 0 Å². The second-order valence-corrected chi connectivity index (χ2v) is 3.10. The molecule has 62 valence electrons. The fourth-order valence-corrected chi connectivity index (χ4v) is 0.533. The Balaban J connectivity index is 0. The molecule has 0 fully saturated rings. The van der Waals surface area contributed by atoms with Gasteiger partial charge in [-0.3, -0.25) is 0 Å². The van der Waals surface area contributed by atoms with Gasteiger partial charge in [0.2, 0.25) is 0 Å². The molecule has 0 radical (unpaired) electrons. The van der Waals surface area contributed by atoms with Crippen LogP contribution in [0.4, 0.5) is 0 Å². The second kappa shape index (κ2) is 12.0. The van der Waals surface area contributed by atoms with E-state index in [1.54, 1.807) is 6.92 Å². The smallest absolute Gasteiger partial charge is 0.0223 e. The number of rotatable bonds is 3. The van der Waals surface area contributed by atoms with Crippen LogP contribution in [-0.2, 0) is 0 Å². The van der Waals surface area contributed by atoms with Gasteiger partial charge in [-0.2, -0.15) is 0 Å². The first-order valence-electron chi connectivity index (χ1n) is 3.52. The molecule has 0 aliphatic rings. The largest absolute Gasteiger partial charge is 0.127 e. The highest BCUT2D eigenvalue weighted by atomic mass is 35.5. The minimum Gasteiger partial charge on any atom is -0.127 e. The SMILES string of the molecule is C=C(C)Cl.CCCCCCl. The van der Waals surface area contributed by atoms with E-state index in [4.69, 9.17) is 23.2 Å². The van der Waals surface area contributed by atoms with E-state index in [0.717, 1.165) is 5.88 Å². The topological polar surface area (TPSA) is 0 Å². The normalized spacial score (nSPS) is 8.00. The molecule has 0 nitrogen and oxygen atoms in total. The second-order valence-electron chi connectivity index (χ2n) is 2.07. The lowest BCUT2D eigenvalue weighted by Gasteiger charge is -1.84. The van der Waals surface area contributed by atoms with Crippen molar-refractivity contribution >= 4 is 23.2 Å². The maximum Gasteiger partial charge on any atom is 0.0223 e. The van der Waals surface area contributed by atoms with Crippen molar-refractivity contribution in [2.24, 2.45) is 0 Å². The molecule has 0 bridgehead atoms. The molecule has 0 aliphatic heterocycles. The summed E-state index contributed by atoms with van der Waals surface area (Å²) in [5.41, 5.74) is 0. The van der Waals surface area contributed by atoms with E-state index >= 15 is 0 Å². The van der Waals surface area contributed by atoms with Crippen LogP contribution in [0.2, 0.25) is 0 Å². The van der Waals surface area contributed by atoms with Gasteiger partial charge >= 0.3 is 0 Å². The predicted octanol–water partition coefficient (Wildman–Crippen LogP) is 4.17. The Morgan fingerprint density at radius 3 is 1.90 bits per heavy atom. The molecule has 0 heterocycles. The van der Waals surface area contributed by atoms with Crippen molar-refractivity contribution in [2.75, 3.05) is 5.88 Å². The van der Waals surface area contributed by atoms with Crippen molar-refractivity contribution < 1.29 is 0 Å². The molecule has 2 heteroatoms. The van der Waals surface area contributed by atoms with Gasteiger partial charge in [-0.1, -0.05) is 37.9 Å². The molecule has 0 spiro atoms. The number of halogens is 2. The summed E-state index contributed by atoms with van der Waals surface area (Å²) in [6, 6.07) is 0. The fraction of sp³-hybridized carbons (Fsp3) is 0.750. The molecule has 0 aromatic carbocycles. The molecule has 0 rings (SSSR count). The van der Waals surface area contributed by atoms with E-state index in [2.05, 4.69) is 13.5 Å². The first-order chi connectivity index (χ1) is 4.65. The highest BCUT2D eigenvalue weighted by Gasteiger charge is 1.76. The first kappa shape index (κ1) is 12.9. The van der Waals surface area contributed by atoms with Gasteiger partial charge in [0.25, 0.3) is 0 Å². The summed E-state index contributed by atoms with van der Waals surface area (Å²) in [5.74, 6) is 0.827.